The van der Waals surface area contributed by atoms with Gasteiger partial charge in [0.15, 0.2) is 0 Å². The molecular formula is C31H44O5. The van der Waals surface area contributed by atoms with Gasteiger partial charge < -0.3 is 14.2 Å². The average Bonchev–Trinajstić information content (AvgIpc) is 2.90. The van der Waals surface area contributed by atoms with E-state index in [1.165, 1.54) is 44.9 Å². The lowest BCUT2D eigenvalue weighted by atomic mass is 10.0. The second-order valence-electron chi connectivity index (χ2n) is 9.55. The van der Waals surface area contributed by atoms with Gasteiger partial charge >= 0.3 is 11.9 Å². The second kappa shape index (κ2) is 17.6. The van der Waals surface area contributed by atoms with Crippen molar-refractivity contribution in [1.82, 2.24) is 0 Å². The van der Waals surface area contributed by atoms with E-state index in [0.29, 0.717) is 36.0 Å². The molecule has 2 rings (SSSR count). The summed E-state index contributed by atoms with van der Waals surface area (Å²) in [6.45, 7) is 7.77. The predicted molar refractivity (Wildman–Crippen MR) is 145 cm³/mol. The fraction of sp³-hybridized carbons (Fsp3) is 0.548. The summed E-state index contributed by atoms with van der Waals surface area (Å²) < 4.78 is 16.6. The summed E-state index contributed by atoms with van der Waals surface area (Å²) in [5.74, 6) is 1.03. The number of rotatable bonds is 18. The molecule has 0 radical (unpaired) electrons. The van der Waals surface area contributed by atoms with Crippen LogP contribution in [0.3, 0.4) is 0 Å². The Morgan fingerprint density at radius 3 is 1.83 bits per heavy atom. The highest BCUT2D eigenvalue weighted by Gasteiger charge is 2.11. The van der Waals surface area contributed by atoms with Crippen LogP contribution in [0.1, 0.15) is 112 Å². The molecule has 1 unspecified atom stereocenters. The first-order chi connectivity index (χ1) is 17.5. The first kappa shape index (κ1) is 29.4. The van der Waals surface area contributed by atoms with Crippen LogP contribution in [0.2, 0.25) is 0 Å². The third-order valence-corrected chi connectivity index (χ3v) is 6.43. The van der Waals surface area contributed by atoms with E-state index >= 15 is 0 Å². The summed E-state index contributed by atoms with van der Waals surface area (Å²) in [7, 11) is 0. The highest BCUT2D eigenvalue weighted by Crippen LogP contribution is 2.18. The van der Waals surface area contributed by atoms with Crippen molar-refractivity contribution in [2.24, 2.45) is 5.92 Å². The number of unbranched alkanes of at least 4 members (excludes halogenated alkanes) is 7. The molecule has 0 N–H and O–H groups in total. The van der Waals surface area contributed by atoms with Crippen LogP contribution in [0.25, 0.3) is 0 Å². The standard InChI is InChI=1S/C31H44O5/c1-4-6-7-8-9-10-11-12-23-35-30(32)26-17-21-29(22-18-26)36-31(33)27-15-19-28(20-16-27)34-24-13-14-25(3)5-2/h15-22,25H,4-14,23-24H2,1-3H3. The van der Waals surface area contributed by atoms with Gasteiger partial charge in [-0.2, -0.15) is 0 Å². The number of benzene rings is 2. The maximum atomic E-state index is 12.5. The first-order valence-corrected chi connectivity index (χ1v) is 13.8. The largest absolute Gasteiger partial charge is 0.494 e. The van der Waals surface area contributed by atoms with Gasteiger partial charge in [-0.3, -0.25) is 0 Å². The Kier molecular flexibility index (Phi) is 14.4. The molecule has 0 fully saturated rings. The maximum absolute atomic E-state index is 12.5. The molecule has 0 saturated heterocycles. The molecule has 0 heterocycles. The molecule has 0 aliphatic heterocycles. The van der Waals surface area contributed by atoms with Crippen molar-refractivity contribution in [1.29, 1.82) is 0 Å². The topological polar surface area (TPSA) is 61.8 Å². The van der Waals surface area contributed by atoms with Crippen molar-refractivity contribution in [3.8, 4) is 11.5 Å². The Balaban J connectivity index is 1.67. The summed E-state index contributed by atoms with van der Waals surface area (Å²) in [4.78, 5) is 24.7. The Morgan fingerprint density at radius 1 is 0.667 bits per heavy atom. The minimum absolute atomic E-state index is 0.351. The maximum Gasteiger partial charge on any atom is 0.343 e. The zero-order valence-corrected chi connectivity index (χ0v) is 22.4. The zero-order chi connectivity index (χ0) is 26.0. The van der Waals surface area contributed by atoms with E-state index in [1.807, 2.05) is 0 Å². The van der Waals surface area contributed by atoms with Gasteiger partial charge in [0.2, 0.25) is 0 Å². The molecule has 198 valence electrons. The molecule has 2 aromatic rings. The van der Waals surface area contributed by atoms with E-state index in [-0.39, 0.29) is 5.97 Å². The van der Waals surface area contributed by atoms with Crippen molar-refractivity contribution in [2.75, 3.05) is 13.2 Å². The molecule has 1 atom stereocenters. The highest BCUT2D eigenvalue weighted by atomic mass is 16.5. The molecule has 0 spiro atoms. The van der Waals surface area contributed by atoms with Crippen LogP contribution in [-0.4, -0.2) is 25.2 Å². The molecule has 5 nitrogen and oxygen atoms in total. The highest BCUT2D eigenvalue weighted by molar-refractivity contribution is 5.92. The number of carbonyl (C=O) groups excluding carboxylic acids is 2. The normalized spacial score (nSPS) is 11.6. The van der Waals surface area contributed by atoms with Crippen molar-refractivity contribution < 1.29 is 23.8 Å². The van der Waals surface area contributed by atoms with Crippen LogP contribution in [0.5, 0.6) is 11.5 Å². The lowest BCUT2D eigenvalue weighted by Crippen LogP contribution is -2.09. The summed E-state index contributed by atoms with van der Waals surface area (Å²) in [5, 5.41) is 0. The van der Waals surface area contributed by atoms with Crippen molar-refractivity contribution in [3.05, 3.63) is 59.7 Å². The van der Waals surface area contributed by atoms with E-state index in [0.717, 1.165) is 31.4 Å². The van der Waals surface area contributed by atoms with E-state index in [1.54, 1.807) is 48.5 Å². The SMILES string of the molecule is CCCCCCCCCCOC(=O)c1ccc(OC(=O)c2ccc(OCCCC(C)CC)cc2)cc1. The van der Waals surface area contributed by atoms with Crippen LogP contribution in [0, 0.1) is 5.92 Å². The predicted octanol–water partition coefficient (Wildman–Crippen LogP) is 8.41. The van der Waals surface area contributed by atoms with E-state index in [2.05, 4.69) is 20.8 Å². The Morgan fingerprint density at radius 2 is 1.22 bits per heavy atom. The van der Waals surface area contributed by atoms with Crippen molar-refractivity contribution in [3.63, 3.8) is 0 Å². The summed E-state index contributed by atoms with van der Waals surface area (Å²) in [5.41, 5.74) is 0.889. The molecule has 0 aliphatic carbocycles. The molecule has 0 aromatic heterocycles. The summed E-state index contributed by atoms with van der Waals surface area (Å²) in [6, 6.07) is 13.4. The zero-order valence-electron chi connectivity index (χ0n) is 22.4. The molecule has 0 saturated carbocycles. The van der Waals surface area contributed by atoms with Gasteiger partial charge in [-0.15, -0.1) is 0 Å². The van der Waals surface area contributed by atoms with Gasteiger partial charge in [0.1, 0.15) is 11.5 Å². The molecule has 36 heavy (non-hydrogen) atoms. The third kappa shape index (κ3) is 11.7. The molecular weight excluding hydrogens is 452 g/mol. The number of hydrogen-bond acceptors (Lipinski definition) is 5. The van der Waals surface area contributed by atoms with Gasteiger partial charge in [0.05, 0.1) is 24.3 Å². The average molecular weight is 497 g/mol. The van der Waals surface area contributed by atoms with Crippen LogP contribution in [-0.2, 0) is 4.74 Å². The minimum atomic E-state index is -0.455. The lowest BCUT2D eigenvalue weighted by molar-refractivity contribution is 0.0497. The summed E-state index contributed by atoms with van der Waals surface area (Å²) >= 11 is 0. The van der Waals surface area contributed by atoms with Gasteiger partial charge in [-0.05, 0) is 73.7 Å². The number of hydrogen-bond donors (Lipinski definition) is 0. The number of esters is 2. The van der Waals surface area contributed by atoms with Crippen LogP contribution < -0.4 is 9.47 Å². The van der Waals surface area contributed by atoms with Gasteiger partial charge in [0, 0.05) is 0 Å². The quantitative estimate of drug-likeness (QED) is 0.118. The van der Waals surface area contributed by atoms with Crippen LogP contribution >= 0.6 is 0 Å². The Labute approximate surface area is 217 Å². The molecule has 0 amide bonds. The molecule has 2 aromatic carbocycles. The van der Waals surface area contributed by atoms with E-state index < -0.39 is 5.97 Å². The van der Waals surface area contributed by atoms with Gasteiger partial charge in [-0.25, -0.2) is 9.59 Å². The molecule has 0 aliphatic rings. The smallest absolute Gasteiger partial charge is 0.343 e. The molecule has 0 bridgehead atoms. The fourth-order valence-electron chi connectivity index (χ4n) is 3.82. The minimum Gasteiger partial charge on any atom is -0.494 e. The third-order valence-electron chi connectivity index (χ3n) is 6.43. The number of carbonyl (C=O) groups is 2. The fourth-order valence-corrected chi connectivity index (χ4v) is 3.82. The van der Waals surface area contributed by atoms with Crippen LogP contribution in [0.4, 0.5) is 0 Å². The monoisotopic (exact) mass is 496 g/mol. The Bertz CT molecular complexity index is 873. The van der Waals surface area contributed by atoms with Crippen molar-refractivity contribution in [2.45, 2.75) is 91.4 Å². The second-order valence-corrected chi connectivity index (χ2v) is 9.55. The molecule has 5 heteroatoms. The Hall–Kier alpha value is -2.82. The lowest BCUT2D eigenvalue weighted by Gasteiger charge is -2.10. The van der Waals surface area contributed by atoms with Gasteiger partial charge in [-0.1, -0.05) is 72.1 Å². The number of ether oxygens (including phenoxy) is 3. The van der Waals surface area contributed by atoms with E-state index in [4.69, 9.17) is 14.2 Å². The van der Waals surface area contributed by atoms with Crippen molar-refractivity contribution >= 4 is 11.9 Å². The summed E-state index contributed by atoms with van der Waals surface area (Å²) in [6.07, 6.45) is 13.0. The van der Waals surface area contributed by atoms with Crippen LogP contribution in [0.15, 0.2) is 48.5 Å². The van der Waals surface area contributed by atoms with Gasteiger partial charge in [0.25, 0.3) is 0 Å². The first-order valence-electron chi connectivity index (χ1n) is 13.8. The van der Waals surface area contributed by atoms with E-state index in [9.17, 15) is 9.59 Å².